The maximum atomic E-state index is 12.4. The summed E-state index contributed by atoms with van der Waals surface area (Å²) in [6.07, 6.45) is 0.323. The highest BCUT2D eigenvalue weighted by Crippen LogP contribution is 2.25. The lowest BCUT2D eigenvalue weighted by Gasteiger charge is -2.45. The van der Waals surface area contributed by atoms with Crippen LogP contribution in [0.2, 0.25) is 0 Å². The van der Waals surface area contributed by atoms with Crippen LogP contribution < -0.4 is 0 Å². The van der Waals surface area contributed by atoms with Crippen LogP contribution >= 0.6 is 0 Å². The summed E-state index contributed by atoms with van der Waals surface area (Å²) in [6, 6.07) is 0.0150. The smallest absolute Gasteiger partial charge is 0.410 e. The number of hydrogen-bond acceptors (Lipinski definition) is 5. The van der Waals surface area contributed by atoms with E-state index in [0.717, 1.165) is 13.1 Å². The molecule has 2 rings (SSSR count). The lowest BCUT2D eigenvalue weighted by atomic mass is 9.92. The molecule has 0 aromatic heterocycles. The van der Waals surface area contributed by atoms with Crippen molar-refractivity contribution >= 4 is 12.1 Å². The predicted octanol–water partition coefficient (Wildman–Crippen LogP) is 1.81. The lowest BCUT2D eigenvalue weighted by molar-refractivity contribution is -0.145. The molecule has 7 nitrogen and oxygen atoms in total. The zero-order valence-electron chi connectivity index (χ0n) is 15.3. The number of likely N-dealkylation sites (tertiary alicyclic amines) is 1. The number of carbonyl (C=O) groups excluding carboxylic acids is 1. The quantitative estimate of drug-likeness (QED) is 0.824. The topological polar surface area (TPSA) is 79.3 Å². The second-order valence-electron chi connectivity index (χ2n) is 8.02. The number of piperidine rings is 1. The van der Waals surface area contributed by atoms with Crippen molar-refractivity contribution < 1.29 is 24.2 Å². The van der Waals surface area contributed by atoms with Crippen LogP contribution in [0.15, 0.2) is 0 Å². The molecule has 138 valence electrons. The Morgan fingerprint density at radius 1 is 1.08 bits per heavy atom. The van der Waals surface area contributed by atoms with E-state index in [1.165, 1.54) is 0 Å². The number of amides is 1. The number of rotatable bonds is 2. The Balaban J connectivity index is 2.10. The third-order valence-corrected chi connectivity index (χ3v) is 4.39. The van der Waals surface area contributed by atoms with Gasteiger partial charge >= 0.3 is 12.1 Å². The number of hydrogen-bond donors (Lipinski definition) is 1. The second kappa shape index (κ2) is 7.27. The van der Waals surface area contributed by atoms with Gasteiger partial charge in [0.05, 0.1) is 18.1 Å². The minimum absolute atomic E-state index is 0.0150. The molecule has 0 aromatic carbocycles. The summed E-state index contributed by atoms with van der Waals surface area (Å²) in [5.74, 6) is -1.42. The van der Waals surface area contributed by atoms with E-state index in [0.29, 0.717) is 13.0 Å². The van der Waals surface area contributed by atoms with E-state index in [2.05, 4.69) is 4.90 Å². The first-order chi connectivity index (χ1) is 11.0. The molecule has 0 radical (unpaired) electrons. The van der Waals surface area contributed by atoms with E-state index in [4.69, 9.17) is 9.47 Å². The second-order valence-corrected chi connectivity index (χ2v) is 8.02. The summed E-state index contributed by atoms with van der Waals surface area (Å²) in [7, 11) is 0. The number of nitrogens with zero attached hydrogens (tertiary/aromatic N) is 2. The van der Waals surface area contributed by atoms with E-state index in [1.807, 2.05) is 34.6 Å². The van der Waals surface area contributed by atoms with Gasteiger partial charge in [0.1, 0.15) is 5.60 Å². The Morgan fingerprint density at radius 2 is 1.67 bits per heavy atom. The zero-order valence-corrected chi connectivity index (χ0v) is 15.3. The standard InChI is InChI=1S/C17H30N2O5/c1-11-7-18(8-12(2)23-11)14-6-13(15(20)21)9-19(10-14)16(22)24-17(3,4)5/h11-14H,6-10H2,1-5H3,(H,20,21)/t11-,12+,13?,14?. The summed E-state index contributed by atoms with van der Waals surface area (Å²) in [4.78, 5) is 27.7. The summed E-state index contributed by atoms with van der Waals surface area (Å²) < 4.78 is 11.2. The Kier molecular flexibility index (Phi) is 5.75. The summed E-state index contributed by atoms with van der Waals surface area (Å²) in [5.41, 5.74) is -0.593. The fourth-order valence-corrected chi connectivity index (χ4v) is 3.51. The highest BCUT2D eigenvalue weighted by atomic mass is 16.6. The largest absolute Gasteiger partial charge is 0.481 e. The van der Waals surface area contributed by atoms with E-state index >= 15 is 0 Å². The van der Waals surface area contributed by atoms with Crippen LogP contribution in [0.1, 0.15) is 41.0 Å². The van der Waals surface area contributed by atoms with Crippen LogP contribution in [0.4, 0.5) is 4.79 Å². The average Bonchev–Trinajstić information content (AvgIpc) is 2.43. The molecule has 2 aliphatic heterocycles. The summed E-state index contributed by atoms with van der Waals surface area (Å²) >= 11 is 0. The fraction of sp³-hybridized carbons (Fsp3) is 0.882. The number of carboxylic acids is 1. The highest BCUT2D eigenvalue weighted by molar-refractivity contribution is 5.73. The third-order valence-electron chi connectivity index (χ3n) is 4.39. The van der Waals surface area contributed by atoms with Crippen LogP contribution in [0, 0.1) is 5.92 Å². The van der Waals surface area contributed by atoms with Crippen LogP contribution in [0.25, 0.3) is 0 Å². The summed E-state index contributed by atoms with van der Waals surface area (Å²) in [5, 5.41) is 9.47. The SMILES string of the molecule is C[C@@H]1CN(C2CC(C(=O)O)CN(C(=O)OC(C)(C)C)C2)C[C@H](C)O1. The molecular formula is C17H30N2O5. The molecule has 2 aliphatic rings. The number of carbonyl (C=O) groups is 2. The van der Waals surface area contributed by atoms with Gasteiger partial charge in [0.2, 0.25) is 0 Å². The normalized spacial score (nSPS) is 32.5. The molecule has 0 saturated carbocycles. The van der Waals surface area contributed by atoms with Crippen molar-refractivity contribution in [3.63, 3.8) is 0 Å². The molecule has 1 N–H and O–H groups in total. The Hall–Kier alpha value is -1.34. The van der Waals surface area contributed by atoms with Crippen molar-refractivity contribution in [3.8, 4) is 0 Å². The average molecular weight is 342 g/mol. The first-order valence-electron chi connectivity index (χ1n) is 8.65. The van der Waals surface area contributed by atoms with Gasteiger partial charge in [-0.05, 0) is 41.0 Å². The highest BCUT2D eigenvalue weighted by Gasteiger charge is 2.39. The Labute approximate surface area is 143 Å². The van der Waals surface area contributed by atoms with E-state index in [-0.39, 0.29) is 24.8 Å². The van der Waals surface area contributed by atoms with E-state index in [1.54, 1.807) is 4.90 Å². The van der Waals surface area contributed by atoms with Crippen LogP contribution in [-0.2, 0) is 14.3 Å². The minimum Gasteiger partial charge on any atom is -0.481 e. The molecule has 2 fully saturated rings. The molecule has 0 aromatic rings. The van der Waals surface area contributed by atoms with Gasteiger partial charge in [-0.25, -0.2) is 4.79 Å². The fourth-order valence-electron chi connectivity index (χ4n) is 3.51. The molecule has 0 spiro atoms. The molecule has 2 unspecified atom stereocenters. The van der Waals surface area contributed by atoms with Gasteiger partial charge in [-0.2, -0.15) is 0 Å². The molecule has 0 bridgehead atoms. The first-order valence-corrected chi connectivity index (χ1v) is 8.65. The van der Waals surface area contributed by atoms with Crippen molar-refractivity contribution in [1.82, 2.24) is 9.80 Å². The van der Waals surface area contributed by atoms with Crippen molar-refractivity contribution in [2.45, 2.75) is 64.9 Å². The lowest BCUT2D eigenvalue weighted by Crippen LogP contribution is -2.58. The molecule has 4 atom stereocenters. The number of morpholine rings is 1. The number of ether oxygens (including phenoxy) is 2. The number of carboxylic acid groups (broad SMARTS) is 1. The molecule has 1 amide bonds. The Bertz CT molecular complexity index is 466. The van der Waals surface area contributed by atoms with Crippen molar-refractivity contribution in [1.29, 1.82) is 0 Å². The van der Waals surface area contributed by atoms with Gasteiger partial charge in [-0.15, -0.1) is 0 Å². The predicted molar refractivity (Wildman–Crippen MR) is 88.9 cm³/mol. The zero-order chi connectivity index (χ0) is 18.1. The molecule has 7 heteroatoms. The van der Waals surface area contributed by atoms with Gasteiger partial charge in [0.15, 0.2) is 0 Å². The van der Waals surface area contributed by atoms with Crippen molar-refractivity contribution in [3.05, 3.63) is 0 Å². The van der Waals surface area contributed by atoms with Gasteiger partial charge in [0.25, 0.3) is 0 Å². The van der Waals surface area contributed by atoms with Gasteiger partial charge < -0.3 is 19.5 Å². The Morgan fingerprint density at radius 3 is 2.17 bits per heavy atom. The van der Waals surface area contributed by atoms with Crippen molar-refractivity contribution in [2.24, 2.45) is 5.92 Å². The van der Waals surface area contributed by atoms with Crippen molar-refractivity contribution in [2.75, 3.05) is 26.2 Å². The summed E-state index contributed by atoms with van der Waals surface area (Å²) in [6.45, 7) is 11.7. The third kappa shape index (κ3) is 5.08. The van der Waals surface area contributed by atoms with Gasteiger partial charge in [0, 0.05) is 32.2 Å². The van der Waals surface area contributed by atoms with Crippen LogP contribution in [0.3, 0.4) is 0 Å². The van der Waals surface area contributed by atoms with Crippen LogP contribution in [-0.4, -0.2) is 77.0 Å². The van der Waals surface area contributed by atoms with E-state index < -0.39 is 23.6 Å². The maximum Gasteiger partial charge on any atom is 0.410 e. The molecule has 0 aliphatic carbocycles. The maximum absolute atomic E-state index is 12.4. The van der Waals surface area contributed by atoms with Gasteiger partial charge in [-0.3, -0.25) is 9.69 Å². The number of aliphatic carboxylic acids is 1. The molecule has 2 heterocycles. The minimum atomic E-state index is -0.859. The first kappa shape index (κ1) is 19.0. The molecular weight excluding hydrogens is 312 g/mol. The van der Waals surface area contributed by atoms with Gasteiger partial charge in [-0.1, -0.05) is 0 Å². The van der Waals surface area contributed by atoms with Crippen LogP contribution in [0.5, 0.6) is 0 Å². The molecule has 24 heavy (non-hydrogen) atoms. The van der Waals surface area contributed by atoms with E-state index in [9.17, 15) is 14.7 Å². The molecule has 2 saturated heterocycles. The monoisotopic (exact) mass is 342 g/mol.